The van der Waals surface area contributed by atoms with Crippen molar-refractivity contribution < 1.29 is 8.42 Å². The zero-order valence-corrected chi connectivity index (χ0v) is 11.6. The third-order valence-corrected chi connectivity index (χ3v) is 5.16. The quantitative estimate of drug-likeness (QED) is 0.894. The molecule has 0 amide bonds. The first kappa shape index (κ1) is 12.9. The molecular formula is C10H14BrN3O2S. The van der Waals surface area contributed by atoms with E-state index in [-0.39, 0.29) is 10.8 Å². The van der Waals surface area contributed by atoms with Gasteiger partial charge in [0.05, 0.1) is 0 Å². The molecule has 5 nitrogen and oxygen atoms in total. The van der Waals surface area contributed by atoms with E-state index in [1.165, 1.54) is 10.5 Å². The molecule has 1 unspecified atom stereocenters. The molecule has 2 heterocycles. The van der Waals surface area contributed by atoms with Gasteiger partial charge in [-0.2, -0.15) is 4.31 Å². The van der Waals surface area contributed by atoms with Crippen LogP contribution < -0.4 is 5.73 Å². The van der Waals surface area contributed by atoms with Gasteiger partial charge < -0.3 is 5.73 Å². The molecule has 94 valence electrons. The highest BCUT2D eigenvalue weighted by Crippen LogP contribution is 2.24. The van der Waals surface area contributed by atoms with Crippen molar-refractivity contribution in [3.05, 3.63) is 22.9 Å². The van der Waals surface area contributed by atoms with Gasteiger partial charge in [0.2, 0.25) is 10.0 Å². The molecule has 1 aliphatic rings. The average Bonchev–Trinajstić information content (AvgIpc) is 2.78. The van der Waals surface area contributed by atoms with E-state index in [2.05, 4.69) is 20.9 Å². The van der Waals surface area contributed by atoms with Crippen LogP contribution in [0.15, 0.2) is 27.8 Å². The maximum Gasteiger partial charge on any atom is 0.244 e. The van der Waals surface area contributed by atoms with Crippen LogP contribution in [0.4, 0.5) is 0 Å². The summed E-state index contributed by atoms with van der Waals surface area (Å²) in [6, 6.07) is 1.57. The van der Waals surface area contributed by atoms with Gasteiger partial charge in [-0.05, 0) is 40.9 Å². The van der Waals surface area contributed by atoms with Crippen LogP contribution in [0.2, 0.25) is 0 Å². The Hall–Kier alpha value is -0.500. The van der Waals surface area contributed by atoms with Crippen molar-refractivity contribution in [3.8, 4) is 0 Å². The Morgan fingerprint density at radius 2 is 2.29 bits per heavy atom. The number of nitrogens with two attached hydrogens (primary N) is 1. The van der Waals surface area contributed by atoms with Crippen molar-refractivity contribution in [2.24, 2.45) is 11.7 Å². The fourth-order valence-corrected chi connectivity index (χ4v) is 3.93. The van der Waals surface area contributed by atoms with E-state index in [1.54, 1.807) is 12.3 Å². The molecule has 17 heavy (non-hydrogen) atoms. The van der Waals surface area contributed by atoms with Gasteiger partial charge in [-0.15, -0.1) is 0 Å². The topological polar surface area (TPSA) is 76.3 Å². The molecule has 1 atom stereocenters. The summed E-state index contributed by atoms with van der Waals surface area (Å²) >= 11 is 3.22. The van der Waals surface area contributed by atoms with E-state index >= 15 is 0 Å². The Morgan fingerprint density at radius 1 is 1.53 bits per heavy atom. The summed E-state index contributed by atoms with van der Waals surface area (Å²) in [5, 5.41) is 0. The first-order chi connectivity index (χ1) is 8.04. The number of halogens is 1. The molecule has 0 saturated carbocycles. The van der Waals surface area contributed by atoms with Crippen LogP contribution in [0.25, 0.3) is 0 Å². The van der Waals surface area contributed by atoms with E-state index in [9.17, 15) is 8.42 Å². The Morgan fingerprint density at radius 3 is 2.88 bits per heavy atom. The van der Waals surface area contributed by atoms with Crippen molar-refractivity contribution in [1.29, 1.82) is 0 Å². The number of nitrogens with zero attached hydrogens (tertiary/aromatic N) is 2. The van der Waals surface area contributed by atoms with E-state index in [4.69, 9.17) is 5.73 Å². The van der Waals surface area contributed by atoms with Crippen LogP contribution in [0.3, 0.4) is 0 Å². The van der Waals surface area contributed by atoms with Crippen LogP contribution in [-0.4, -0.2) is 37.3 Å². The summed E-state index contributed by atoms with van der Waals surface area (Å²) < 4.78 is 26.7. The van der Waals surface area contributed by atoms with E-state index in [0.29, 0.717) is 24.1 Å². The summed E-state index contributed by atoms with van der Waals surface area (Å²) in [5.74, 6) is 0.268. The standard InChI is InChI=1S/C10H14BrN3O2S/c11-9-3-10(6-13-5-9)17(15,16)14-2-1-8(4-12)7-14/h3,5-6,8H,1-2,4,7,12H2. The van der Waals surface area contributed by atoms with Crippen LogP contribution in [0.5, 0.6) is 0 Å². The largest absolute Gasteiger partial charge is 0.330 e. The summed E-state index contributed by atoms with van der Waals surface area (Å²) in [6.45, 7) is 1.57. The molecule has 2 N–H and O–H groups in total. The molecule has 0 radical (unpaired) electrons. The second-order valence-corrected chi connectivity index (χ2v) is 6.95. The minimum Gasteiger partial charge on any atom is -0.330 e. The lowest BCUT2D eigenvalue weighted by molar-refractivity contribution is 0.459. The van der Waals surface area contributed by atoms with Gasteiger partial charge in [0.1, 0.15) is 4.90 Å². The Balaban J connectivity index is 2.25. The normalized spacial score (nSPS) is 21.9. The zero-order chi connectivity index (χ0) is 12.5. The number of sulfonamides is 1. The fourth-order valence-electron chi connectivity index (χ4n) is 1.89. The molecule has 0 aliphatic carbocycles. The molecule has 7 heteroatoms. The van der Waals surface area contributed by atoms with Crippen molar-refractivity contribution in [2.45, 2.75) is 11.3 Å². The molecule has 1 aromatic heterocycles. The SMILES string of the molecule is NCC1CCN(S(=O)(=O)c2cncc(Br)c2)C1. The van der Waals surface area contributed by atoms with Crippen LogP contribution >= 0.6 is 15.9 Å². The molecule has 2 rings (SSSR count). The lowest BCUT2D eigenvalue weighted by atomic mass is 10.1. The van der Waals surface area contributed by atoms with Gasteiger partial charge in [0, 0.05) is 30.0 Å². The third-order valence-electron chi connectivity index (χ3n) is 2.90. The predicted octanol–water partition coefficient (Wildman–Crippen LogP) is 0.813. The van der Waals surface area contributed by atoms with Crippen molar-refractivity contribution in [3.63, 3.8) is 0 Å². The highest BCUT2D eigenvalue weighted by Gasteiger charge is 2.32. The molecule has 1 fully saturated rings. The second-order valence-electron chi connectivity index (χ2n) is 4.09. The lowest BCUT2D eigenvalue weighted by Gasteiger charge is -2.16. The van der Waals surface area contributed by atoms with Crippen molar-refractivity contribution >= 4 is 26.0 Å². The second kappa shape index (κ2) is 5.01. The highest BCUT2D eigenvalue weighted by molar-refractivity contribution is 9.10. The van der Waals surface area contributed by atoms with Crippen LogP contribution in [-0.2, 0) is 10.0 Å². The smallest absolute Gasteiger partial charge is 0.244 e. The van der Waals surface area contributed by atoms with E-state index < -0.39 is 10.0 Å². The Bertz CT molecular complexity index is 506. The van der Waals surface area contributed by atoms with Gasteiger partial charge in [0.15, 0.2) is 0 Å². The van der Waals surface area contributed by atoms with Crippen molar-refractivity contribution in [2.75, 3.05) is 19.6 Å². The maximum absolute atomic E-state index is 12.3. The minimum atomic E-state index is -3.42. The van der Waals surface area contributed by atoms with Gasteiger partial charge in [-0.1, -0.05) is 0 Å². The molecule has 0 bridgehead atoms. The number of rotatable bonds is 3. The molecule has 0 spiro atoms. The number of aromatic nitrogens is 1. The Labute approximate surface area is 109 Å². The number of hydrogen-bond acceptors (Lipinski definition) is 4. The van der Waals surface area contributed by atoms with Gasteiger partial charge in [0.25, 0.3) is 0 Å². The maximum atomic E-state index is 12.3. The van der Waals surface area contributed by atoms with Gasteiger partial charge in [-0.3, -0.25) is 4.98 Å². The van der Waals surface area contributed by atoms with E-state index in [1.807, 2.05) is 0 Å². The van der Waals surface area contributed by atoms with Crippen LogP contribution in [0.1, 0.15) is 6.42 Å². The minimum absolute atomic E-state index is 0.226. The number of hydrogen-bond donors (Lipinski definition) is 1. The first-order valence-electron chi connectivity index (χ1n) is 5.35. The lowest BCUT2D eigenvalue weighted by Crippen LogP contribution is -2.30. The number of pyridine rings is 1. The highest BCUT2D eigenvalue weighted by atomic mass is 79.9. The third kappa shape index (κ3) is 2.67. The monoisotopic (exact) mass is 319 g/mol. The van der Waals surface area contributed by atoms with E-state index in [0.717, 1.165) is 6.42 Å². The summed E-state index contributed by atoms with van der Waals surface area (Å²) in [4.78, 5) is 4.11. The van der Waals surface area contributed by atoms with Gasteiger partial charge in [-0.25, -0.2) is 8.42 Å². The van der Waals surface area contributed by atoms with Crippen molar-refractivity contribution in [1.82, 2.24) is 9.29 Å². The summed E-state index contributed by atoms with van der Waals surface area (Å²) in [6.07, 6.45) is 3.76. The van der Waals surface area contributed by atoms with Gasteiger partial charge >= 0.3 is 0 Å². The first-order valence-corrected chi connectivity index (χ1v) is 7.58. The molecule has 1 aromatic rings. The summed E-state index contributed by atoms with van der Waals surface area (Å²) in [5.41, 5.74) is 5.56. The molecule has 1 aliphatic heterocycles. The molecule has 0 aromatic carbocycles. The fraction of sp³-hybridized carbons (Fsp3) is 0.500. The molecule has 1 saturated heterocycles. The molecular weight excluding hydrogens is 306 g/mol. The predicted molar refractivity (Wildman–Crippen MR) is 67.9 cm³/mol. The average molecular weight is 320 g/mol. The Kier molecular flexibility index (Phi) is 3.82. The summed E-state index contributed by atoms with van der Waals surface area (Å²) in [7, 11) is -3.42. The van der Waals surface area contributed by atoms with Crippen LogP contribution in [0, 0.1) is 5.92 Å². The zero-order valence-electron chi connectivity index (χ0n) is 9.21.